The molecule has 0 amide bonds. The Hall–Kier alpha value is -1.94. The van der Waals surface area contributed by atoms with Crippen molar-refractivity contribution in [1.29, 1.82) is 0 Å². The Morgan fingerprint density at radius 2 is 1.84 bits per heavy atom. The summed E-state index contributed by atoms with van der Waals surface area (Å²) in [6, 6.07) is 15.8. The Bertz CT molecular complexity index is 701. The first-order chi connectivity index (χ1) is 9.31. The zero-order chi connectivity index (χ0) is 13.1. The number of fused-ring (bicyclic) bond motifs is 1. The fourth-order valence-electron chi connectivity index (χ4n) is 1.80. The standard InChI is InChI=1S/C15H11BrN2O/c16-15-9-17-13-7-6-12(8-14(13)18-15)19-10-11-4-2-1-3-5-11/h1-9H,10H2. The third-order valence-electron chi connectivity index (χ3n) is 2.73. The van der Waals surface area contributed by atoms with Gasteiger partial charge in [0.15, 0.2) is 0 Å². The zero-order valence-corrected chi connectivity index (χ0v) is 11.7. The Morgan fingerprint density at radius 1 is 1.00 bits per heavy atom. The smallest absolute Gasteiger partial charge is 0.125 e. The maximum atomic E-state index is 5.76. The maximum Gasteiger partial charge on any atom is 0.125 e. The van der Waals surface area contributed by atoms with Gasteiger partial charge in [-0.1, -0.05) is 30.3 Å². The molecule has 94 valence electrons. The van der Waals surface area contributed by atoms with E-state index in [0.717, 1.165) is 26.9 Å². The summed E-state index contributed by atoms with van der Waals surface area (Å²) in [5.41, 5.74) is 2.82. The van der Waals surface area contributed by atoms with E-state index < -0.39 is 0 Å². The highest BCUT2D eigenvalue weighted by Crippen LogP contribution is 2.20. The summed E-state index contributed by atoms with van der Waals surface area (Å²) in [5.74, 6) is 0.795. The van der Waals surface area contributed by atoms with Crippen LogP contribution in [-0.2, 0) is 6.61 Å². The Morgan fingerprint density at radius 3 is 2.68 bits per heavy atom. The predicted molar refractivity (Wildman–Crippen MR) is 78.0 cm³/mol. The van der Waals surface area contributed by atoms with Gasteiger partial charge in [-0.2, -0.15) is 0 Å². The highest BCUT2D eigenvalue weighted by Gasteiger charge is 2.01. The SMILES string of the molecule is Brc1cnc2ccc(OCc3ccccc3)cc2n1. The average molecular weight is 315 g/mol. The van der Waals surface area contributed by atoms with Crippen LogP contribution >= 0.6 is 15.9 Å². The molecule has 0 fully saturated rings. The summed E-state index contributed by atoms with van der Waals surface area (Å²) < 4.78 is 6.48. The van der Waals surface area contributed by atoms with Crippen molar-refractivity contribution in [3.63, 3.8) is 0 Å². The largest absolute Gasteiger partial charge is 0.489 e. The molecule has 1 aromatic heterocycles. The van der Waals surface area contributed by atoms with Crippen molar-refractivity contribution < 1.29 is 4.74 Å². The van der Waals surface area contributed by atoms with Crippen molar-refractivity contribution in [1.82, 2.24) is 9.97 Å². The number of aromatic nitrogens is 2. The van der Waals surface area contributed by atoms with E-state index in [0.29, 0.717) is 6.61 Å². The number of hydrogen-bond acceptors (Lipinski definition) is 3. The molecule has 3 nitrogen and oxygen atoms in total. The monoisotopic (exact) mass is 314 g/mol. The van der Waals surface area contributed by atoms with E-state index in [1.54, 1.807) is 6.20 Å². The van der Waals surface area contributed by atoms with Gasteiger partial charge in [-0.25, -0.2) is 4.98 Å². The second kappa shape index (κ2) is 5.36. The summed E-state index contributed by atoms with van der Waals surface area (Å²) in [5, 5.41) is 0. The molecule has 0 atom stereocenters. The molecule has 0 unspecified atom stereocenters. The second-order valence-electron chi connectivity index (χ2n) is 4.12. The molecule has 0 N–H and O–H groups in total. The number of benzene rings is 2. The minimum Gasteiger partial charge on any atom is -0.489 e. The molecule has 4 heteroatoms. The quantitative estimate of drug-likeness (QED) is 0.733. The first-order valence-corrected chi connectivity index (χ1v) is 6.69. The molecule has 3 rings (SSSR count). The van der Waals surface area contributed by atoms with E-state index in [4.69, 9.17) is 4.74 Å². The van der Waals surface area contributed by atoms with Crippen molar-refractivity contribution in [2.24, 2.45) is 0 Å². The Labute approximate surface area is 119 Å². The van der Waals surface area contributed by atoms with Crippen LogP contribution in [0.1, 0.15) is 5.56 Å². The molecule has 1 heterocycles. The Balaban J connectivity index is 1.81. The van der Waals surface area contributed by atoms with Gasteiger partial charge in [0.2, 0.25) is 0 Å². The van der Waals surface area contributed by atoms with Gasteiger partial charge >= 0.3 is 0 Å². The number of hydrogen-bond donors (Lipinski definition) is 0. The fourth-order valence-corrected chi connectivity index (χ4v) is 2.09. The normalized spacial score (nSPS) is 10.6. The van der Waals surface area contributed by atoms with Gasteiger partial charge in [-0.05, 0) is 33.6 Å². The van der Waals surface area contributed by atoms with Gasteiger partial charge in [-0.15, -0.1) is 0 Å². The van der Waals surface area contributed by atoms with Crippen LogP contribution in [0.25, 0.3) is 11.0 Å². The fraction of sp³-hybridized carbons (Fsp3) is 0.0667. The van der Waals surface area contributed by atoms with E-state index in [-0.39, 0.29) is 0 Å². The second-order valence-corrected chi connectivity index (χ2v) is 4.93. The molecule has 19 heavy (non-hydrogen) atoms. The summed E-state index contributed by atoms with van der Waals surface area (Å²) in [6.07, 6.45) is 1.69. The first kappa shape index (κ1) is 12.1. The summed E-state index contributed by atoms with van der Waals surface area (Å²) >= 11 is 3.32. The summed E-state index contributed by atoms with van der Waals surface area (Å²) in [4.78, 5) is 8.64. The van der Waals surface area contributed by atoms with E-state index in [1.165, 1.54) is 0 Å². The van der Waals surface area contributed by atoms with Crippen LogP contribution in [0, 0.1) is 0 Å². The van der Waals surface area contributed by atoms with Crippen molar-refractivity contribution in [2.45, 2.75) is 6.61 Å². The number of ether oxygens (including phenoxy) is 1. The lowest BCUT2D eigenvalue weighted by Crippen LogP contribution is -1.95. The van der Waals surface area contributed by atoms with Crippen LogP contribution in [0.3, 0.4) is 0 Å². The molecule has 3 aromatic rings. The lowest BCUT2D eigenvalue weighted by atomic mass is 10.2. The summed E-state index contributed by atoms with van der Waals surface area (Å²) in [7, 11) is 0. The van der Waals surface area contributed by atoms with Crippen LogP contribution in [0.5, 0.6) is 5.75 Å². The van der Waals surface area contributed by atoms with Gasteiger partial charge in [-0.3, -0.25) is 4.98 Å². The molecule has 0 radical (unpaired) electrons. The molecule has 0 spiro atoms. The topological polar surface area (TPSA) is 35.0 Å². The van der Waals surface area contributed by atoms with Crippen molar-refractivity contribution in [3.05, 3.63) is 64.9 Å². The lowest BCUT2D eigenvalue weighted by Gasteiger charge is -2.07. The van der Waals surface area contributed by atoms with Gasteiger partial charge in [0, 0.05) is 6.07 Å². The van der Waals surface area contributed by atoms with Gasteiger partial charge in [0.05, 0.1) is 17.2 Å². The van der Waals surface area contributed by atoms with E-state index in [9.17, 15) is 0 Å². The zero-order valence-electron chi connectivity index (χ0n) is 10.1. The molecule has 2 aromatic carbocycles. The van der Waals surface area contributed by atoms with Crippen molar-refractivity contribution in [2.75, 3.05) is 0 Å². The highest BCUT2D eigenvalue weighted by molar-refractivity contribution is 9.10. The first-order valence-electron chi connectivity index (χ1n) is 5.90. The lowest BCUT2D eigenvalue weighted by molar-refractivity contribution is 0.306. The van der Waals surface area contributed by atoms with E-state index in [2.05, 4.69) is 25.9 Å². The molecule has 0 aliphatic carbocycles. The molecular formula is C15H11BrN2O. The average Bonchev–Trinajstić information content (AvgIpc) is 2.46. The third kappa shape index (κ3) is 2.90. The predicted octanol–water partition coefficient (Wildman–Crippen LogP) is 3.97. The number of halogens is 1. The van der Waals surface area contributed by atoms with Crippen LogP contribution < -0.4 is 4.74 Å². The van der Waals surface area contributed by atoms with Gasteiger partial charge < -0.3 is 4.74 Å². The molecule has 0 bridgehead atoms. The third-order valence-corrected chi connectivity index (χ3v) is 3.11. The molecule has 0 saturated carbocycles. The molecular weight excluding hydrogens is 304 g/mol. The summed E-state index contributed by atoms with van der Waals surface area (Å²) in [6.45, 7) is 0.549. The minimum atomic E-state index is 0.549. The van der Waals surface area contributed by atoms with Crippen LogP contribution in [0.4, 0.5) is 0 Å². The molecule has 0 saturated heterocycles. The number of rotatable bonds is 3. The van der Waals surface area contributed by atoms with Gasteiger partial charge in [0.25, 0.3) is 0 Å². The highest BCUT2D eigenvalue weighted by atomic mass is 79.9. The number of nitrogens with zero attached hydrogens (tertiary/aromatic N) is 2. The van der Waals surface area contributed by atoms with Crippen LogP contribution in [0.15, 0.2) is 59.3 Å². The molecule has 0 aliphatic rings. The minimum absolute atomic E-state index is 0.549. The maximum absolute atomic E-state index is 5.76. The van der Waals surface area contributed by atoms with Crippen LogP contribution in [-0.4, -0.2) is 9.97 Å². The van der Waals surface area contributed by atoms with E-state index in [1.807, 2.05) is 48.5 Å². The van der Waals surface area contributed by atoms with Crippen molar-refractivity contribution >= 4 is 27.0 Å². The van der Waals surface area contributed by atoms with Gasteiger partial charge in [0.1, 0.15) is 17.0 Å². The van der Waals surface area contributed by atoms with E-state index >= 15 is 0 Å². The molecule has 0 aliphatic heterocycles. The van der Waals surface area contributed by atoms with Crippen molar-refractivity contribution in [3.8, 4) is 5.75 Å². The Kier molecular flexibility index (Phi) is 3.42. The van der Waals surface area contributed by atoms with Crippen LogP contribution in [0.2, 0.25) is 0 Å².